The van der Waals surface area contributed by atoms with Gasteiger partial charge in [-0.25, -0.2) is 4.79 Å². The van der Waals surface area contributed by atoms with Crippen molar-refractivity contribution in [2.75, 3.05) is 19.8 Å². The molecule has 0 aliphatic carbocycles. The monoisotopic (exact) mass is 308 g/mol. The lowest BCUT2D eigenvalue weighted by atomic mass is 10.0. The zero-order valence-electron chi connectivity index (χ0n) is 14.0. The number of para-hydroxylation sites is 1. The molecule has 0 aliphatic rings. The van der Waals surface area contributed by atoms with E-state index in [1.165, 1.54) is 0 Å². The fourth-order valence-electron chi connectivity index (χ4n) is 2.04. The van der Waals surface area contributed by atoms with Crippen LogP contribution in [0.2, 0.25) is 0 Å². The number of ether oxygens (including phenoxy) is 2. The summed E-state index contributed by atoms with van der Waals surface area (Å²) in [4.78, 5) is 11.8. The molecule has 0 saturated carbocycles. The maximum absolute atomic E-state index is 11.8. The predicted octanol–water partition coefficient (Wildman–Crippen LogP) is 3.26. The van der Waals surface area contributed by atoms with Crippen LogP contribution >= 0.6 is 0 Å². The van der Waals surface area contributed by atoms with E-state index < -0.39 is 6.23 Å². The number of benzene rings is 1. The largest absolute Gasteiger partial charge is 0.471 e. The molecule has 1 rings (SSSR count). The number of carbonyl (C=O) groups excluding carboxylic acids is 1. The fourth-order valence-corrected chi connectivity index (χ4v) is 2.04. The van der Waals surface area contributed by atoms with E-state index in [1.807, 2.05) is 38.1 Å². The summed E-state index contributed by atoms with van der Waals surface area (Å²) in [5, 5.41) is 5.56. The Morgan fingerprint density at radius 1 is 1.23 bits per heavy atom. The van der Waals surface area contributed by atoms with Gasteiger partial charge < -0.3 is 20.1 Å². The molecule has 0 fully saturated rings. The third-order valence-electron chi connectivity index (χ3n) is 3.13. The molecule has 0 bridgehead atoms. The average molecular weight is 308 g/mol. The van der Waals surface area contributed by atoms with Crippen molar-refractivity contribution in [3.63, 3.8) is 0 Å². The molecule has 0 heterocycles. The van der Waals surface area contributed by atoms with Crippen molar-refractivity contribution in [1.82, 2.24) is 10.6 Å². The highest BCUT2D eigenvalue weighted by Crippen LogP contribution is 2.26. The highest BCUT2D eigenvalue weighted by atomic mass is 16.5. The zero-order chi connectivity index (χ0) is 16.4. The van der Waals surface area contributed by atoms with Crippen molar-refractivity contribution < 1.29 is 14.3 Å². The molecule has 1 atom stereocenters. The van der Waals surface area contributed by atoms with Gasteiger partial charge in [-0.2, -0.15) is 0 Å². The molecule has 22 heavy (non-hydrogen) atoms. The van der Waals surface area contributed by atoms with Crippen LogP contribution in [0.15, 0.2) is 24.3 Å². The van der Waals surface area contributed by atoms with Gasteiger partial charge in [0.1, 0.15) is 5.75 Å². The van der Waals surface area contributed by atoms with E-state index in [-0.39, 0.29) is 6.03 Å². The van der Waals surface area contributed by atoms with E-state index in [2.05, 4.69) is 24.5 Å². The van der Waals surface area contributed by atoms with Crippen LogP contribution in [0.1, 0.15) is 45.6 Å². The van der Waals surface area contributed by atoms with Crippen molar-refractivity contribution in [2.24, 2.45) is 0 Å². The van der Waals surface area contributed by atoms with Crippen molar-refractivity contribution in [2.45, 2.75) is 46.3 Å². The van der Waals surface area contributed by atoms with E-state index >= 15 is 0 Å². The summed E-state index contributed by atoms with van der Waals surface area (Å²) >= 11 is 0. The molecule has 124 valence electrons. The predicted molar refractivity (Wildman–Crippen MR) is 88.3 cm³/mol. The third-order valence-corrected chi connectivity index (χ3v) is 3.13. The Morgan fingerprint density at radius 3 is 2.64 bits per heavy atom. The van der Waals surface area contributed by atoms with Crippen LogP contribution in [-0.4, -0.2) is 32.0 Å². The van der Waals surface area contributed by atoms with Gasteiger partial charge in [-0.05, 0) is 37.8 Å². The van der Waals surface area contributed by atoms with Gasteiger partial charge in [-0.1, -0.05) is 32.0 Å². The van der Waals surface area contributed by atoms with E-state index in [0.717, 1.165) is 17.7 Å². The average Bonchev–Trinajstić information content (AvgIpc) is 2.47. The summed E-state index contributed by atoms with van der Waals surface area (Å²) in [6, 6.07) is 7.66. The molecule has 0 saturated heterocycles. The fraction of sp³-hybridized carbons (Fsp3) is 0.588. The molecular weight excluding hydrogens is 280 g/mol. The Hall–Kier alpha value is -1.75. The highest BCUT2D eigenvalue weighted by Gasteiger charge is 2.12. The van der Waals surface area contributed by atoms with Gasteiger partial charge in [0.25, 0.3) is 0 Å². The van der Waals surface area contributed by atoms with Crippen LogP contribution < -0.4 is 15.4 Å². The van der Waals surface area contributed by atoms with Crippen LogP contribution in [0, 0.1) is 0 Å². The SMILES string of the molecule is CCOCCCNC(=O)NC(C)Oc1ccccc1C(C)C. The van der Waals surface area contributed by atoms with Gasteiger partial charge in [0, 0.05) is 19.8 Å². The van der Waals surface area contributed by atoms with Gasteiger partial charge in [0.15, 0.2) is 6.23 Å². The molecule has 5 nitrogen and oxygen atoms in total. The lowest BCUT2D eigenvalue weighted by molar-refractivity contribution is 0.144. The van der Waals surface area contributed by atoms with Crippen LogP contribution in [0.3, 0.4) is 0 Å². The second-order valence-corrected chi connectivity index (χ2v) is 5.40. The Balaban J connectivity index is 2.36. The summed E-state index contributed by atoms with van der Waals surface area (Å²) in [5.41, 5.74) is 1.13. The Morgan fingerprint density at radius 2 is 1.95 bits per heavy atom. The highest BCUT2D eigenvalue weighted by molar-refractivity contribution is 5.73. The minimum absolute atomic E-state index is 0.231. The number of urea groups is 1. The van der Waals surface area contributed by atoms with E-state index in [0.29, 0.717) is 25.7 Å². The standard InChI is InChI=1S/C17H28N2O3/c1-5-21-12-8-11-18-17(20)19-14(4)22-16-10-7-6-9-15(16)13(2)3/h6-7,9-10,13-14H,5,8,11-12H2,1-4H3,(H2,18,19,20). The van der Waals surface area contributed by atoms with E-state index in [1.54, 1.807) is 0 Å². The summed E-state index contributed by atoms with van der Waals surface area (Å²) < 4.78 is 11.0. The van der Waals surface area contributed by atoms with Crippen molar-refractivity contribution >= 4 is 6.03 Å². The first-order chi connectivity index (χ1) is 10.5. The number of nitrogens with one attached hydrogen (secondary N) is 2. The molecule has 1 unspecified atom stereocenters. The Labute approximate surface area is 133 Å². The minimum atomic E-state index is -0.396. The summed E-state index contributed by atoms with van der Waals surface area (Å²) in [6.45, 7) is 9.94. The van der Waals surface area contributed by atoms with E-state index in [9.17, 15) is 4.79 Å². The first-order valence-electron chi connectivity index (χ1n) is 7.92. The molecule has 2 N–H and O–H groups in total. The summed E-state index contributed by atoms with van der Waals surface area (Å²) in [7, 11) is 0. The molecule has 2 amide bonds. The van der Waals surface area contributed by atoms with Gasteiger partial charge in [0.2, 0.25) is 0 Å². The van der Waals surface area contributed by atoms with Crippen LogP contribution in [0.4, 0.5) is 4.79 Å². The first-order valence-corrected chi connectivity index (χ1v) is 7.92. The maximum Gasteiger partial charge on any atom is 0.317 e. The normalized spacial score (nSPS) is 12.0. The number of hydrogen-bond donors (Lipinski definition) is 2. The van der Waals surface area contributed by atoms with Crippen molar-refractivity contribution in [1.29, 1.82) is 0 Å². The lowest BCUT2D eigenvalue weighted by Crippen LogP contribution is -2.43. The van der Waals surface area contributed by atoms with Crippen molar-refractivity contribution in [3.8, 4) is 5.75 Å². The maximum atomic E-state index is 11.8. The quantitative estimate of drug-likeness (QED) is 0.544. The Bertz CT molecular complexity index is 449. The number of hydrogen-bond acceptors (Lipinski definition) is 3. The third kappa shape index (κ3) is 6.80. The molecule has 1 aromatic rings. The molecule has 0 aliphatic heterocycles. The minimum Gasteiger partial charge on any atom is -0.471 e. The first kappa shape index (κ1) is 18.3. The van der Waals surface area contributed by atoms with Gasteiger partial charge >= 0.3 is 6.03 Å². The topological polar surface area (TPSA) is 59.6 Å². The van der Waals surface area contributed by atoms with Gasteiger partial charge in [0.05, 0.1) is 0 Å². The zero-order valence-corrected chi connectivity index (χ0v) is 14.0. The van der Waals surface area contributed by atoms with Crippen molar-refractivity contribution in [3.05, 3.63) is 29.8 Å². The lowest BCUT2D eigenvalue weighted by Gasteiger charge is -2.20. The van der Waals surface area contributed by atoms with Crippen LogP contribution in [-0.2, 0) is 4.74 Å². The van der Waals surface area contributed by atoms with Gasteiger partial charge in [-0.15, -0.1) is 0 Å². The summed E-state index contributed by atoms with van der Waals surface area (Å²) in [5.74, 6) is 1.18. The molecule has 0 aromatic heterocycles. The molecule has 1 aromatic carbocycles. The smallest absolute Gasteiger partial charge is 0.317 e. The van der Waals surface area contributed by atoms with Crippen LogP contribution in [0.25, 0.3) is 0 Å². The number of amides is 2. The second kappa shape index (κ2) is 10.1. The second-order valence-electron chi connectivity index (χ2n) is 5.40. The molecule has 0 spiro atoms. The van der Waals surface area contributed by atoms with E-state index in [4.69, 9.17) is 9.47 Å². The number of rotatable bonds is 9. The summed E-state index contributed by atoms with van der Waals surface area (Å²) in [6.07, 6.45) is 0.402. The Kier molecular flexibility index (Phi) is 8.36. The molecule has 0 radical (unpaired) electrons. The van der Waals surface area contributed by atoms with Crippen LogP contribution in [0.5, 0.6) is 5.75 Å². The number of carbonyl (C=O) groups is 1. The molecular formula is C17H28N2O3. The van der Waals surface area contributed by atoms with Gasteiger partial charge in [-0.3, -0.25) is 0 Å². The molecule has 5 heteroatoms.